The number of halogens is 1. The topological polar surface area (TPSA) is 64.4 Å². The van der Waals surface area contributed by atoms with E-state index < -0.39 is 0 Å². The maximum Gasteiger partial charge on any atom is 0.262 e. The van der Waals surface area contributed by atoms with E-state index in [1.54, 1.807) is 25.1 Å². The van der Waals surface area contributed by atoms with Gasteiger partial charge in [0.2, 0.25) is 0 Å². The van der Waals surface area contributed by atoms with E-state index in [-0.39, 0.29) is 18.4 Å². The van der Waals surface area contributed by atoms with Crippen LogP contribution in [0.2, 0.25) is 5.02 Å². The number of nitrogens with one attached hydrogen (secondary N) is 1. The molecular formula is C13H13ClN2O3. The normalized spacial score (nSPS) is 10.3. The number of carbonyl (C=O) groups is 1. The van der Waals surface area contributed by atoms with Crippen molar-refractivity contribution in [1.82, 2.24) is 5.16 Å². The van der Waals surface area contributed by atoms with Crippen molar-refractivity contribution in [2.45, 2.75) is 13.8 Å². The van der Waals surface area contributed by atoms with Gasteiger partial charge in [0.25, 0.3) is 11.8 Å². The molecule has 0 saturated heterocycles. The minimum atomic E-state index is -0.314. The molecule has 19 heavy (non-hydrogen) atoms. The number of rotatable bonds is 4. The summed E-state index contributed by atoms with van der Waals surface area (Å²) in [6, 6.07) is 6.99. The molecule has 1 N–H and O–H groups in total. The Morgan fingerprint density at radius 2 is 2.21 bits per heavy atom. The Hall–Kier alpha value is -2.01. The zero-order chi connectivity index (χ0) is 13.8. The number of benzene rings is 1. The summed E-state index contributed by atoms with van der Waals surface area (Å²) in [4.78, 5) is 11.7. The Bertz CT molecular complexity index is 595. The molecule has 0 atom stereocenters. The van der Waals surface area contributed by atoms with Crippen LogP contribution in [0.3, 0.4) is 0 Å². The molecule has 0 aliphatic carbocycles. The highest BCUT2D eigenvalue weighted by Gasteiger charge is 2.08. The van der Waals surface area contributed by atoms with Crippen molar-refractivity contribution in [3.8, 4) is 5.88 Å². The van der Waals surface area contributed by atoms with E-state index in [2.05, 4.69) is 10.5 Å². The van der Waals surface area contributed by atoms with Crippen molar-refractivity contribution in [2.75, 3.05) is 11.9 Å². The molecule has 0 bridgehead atoms. The lowest BCUT2D eigenvalue weighted by atomic mass is 10.2. The van der Waals surface area contributed by atoms with Crippen molar-refractivity contribution in [1.29, 1.82) is 0 Å². The molecule has 1 aromatic heterocycles. The molecule has 0 unspecified atom stereocenters. The number of carbonyl (C=O) groups excluding carboxylic acids is 1. The summed E-state index contributed by atoms with van der Waals surface area (Å²) < 4.78 is 9.98. The Labute approximate surface area is 115 Å². The van der Waals surface area contributed by atoms with Gasteiger partial charge in [0, 0.05) is 6.07 Å². The van der Waals surface area contributed by atoms with Crippen LogP contribution in [0.25, 0.3) is 0 Å². The van der Waals surface area contributed by atoms with Crippen LogP contribution in [-0.4, -0.2) is 17.7 Å². The zero-order valence-corrected chi connectivity index (χ0v) is 11.3. The first kappa shape index (κ1) is 13.4. The maximum atomic E-state index is 11.7. The van der Waals surface area contributed by atoms with Crippen LogP contribution >= 0.6 is 11.6 Å². The second-order valence-corrected chi connectivity index (χ2v) is 4.50. The van der Waals surface area contributed by atoms with E-state index in [9.17, 15) is 4.79 Å². The molecule has 100 valence electrons. The fourth-order valence-electron chi connectivity index (χ4n) is 1.46. The maximum absolute atomic E-state index is 11.7. The average molecular weight is 281 g/mol. The number of aryl methyl sites for hydroxylation is 2. The predicted octanol–water partition coefficient (Wildman–Crippen LogP) is 2.96. The number of aromatic nitrogens is 1. The van der Waals surface area contributed by atoms with Crippen LogP contribution in [0, 0.1) is 13.8 Å². The number of anilines is 1. The molecule has 0 aliphatic rings. The highest BCUT2D eigenvalue weighted by molar-refractivity contribution is 6.33. The molecule has 0 radical (unpaired) electrons. The van der Waals surface area contributed by atoms with Gasteiger partial charge in [-0.05, 0) is 36.7 Å². The predicted molar refractivity (Wildman–Crippen MR) is 71.6 cm³/mol. The van der Waals surface area contributed by atoms with E-state index in [4.69, 9.17) is 20.9 Å². The molecule has 2 rings (SSSR count). The number of ether oxygens (including phenoxy) is 1. The van der Waals surface area contributed by atoms with Crippen molar-refractivity contribution in [2.24, 2.45) is 0 Å². The van der Waals surface area contributed by atoms with Crippen LogP contribution in [0.1, 0.15) is 11.3 Å². The Morgan fingerprint density at radius 3 is 2.84 bits per heavy atom. The third-order valence-electron chi connectivity index (χ3n) is 2.36. The third-order valence-corrected chi connectivity index (χ3v) is 2.67. The van der Waals surface area contributed by atoms with Crippen LogP contribution < -0.4 is 10.1 Å². The summed E-state index contributed by atoms with van der Waals surface area (Å²) in [6.45, 7) is 3.51. The first-order valence-electron chi connectivity index (χ1n) is 5.67. The van der Waals surface area contributed by atoms with E-state index in [1.165, 1.54) is 0 Å². The first-order valence-corrected chi connectivity index (χ1v) is 6.04. The summed E-state index contributed by atoms with van der Waals surface area (Å²) in [7, 11) is 0. The number of hydrogen-bond donors (Lipinski definition) is 1. The van der Waals surface area contributed by atoms with E-state index in [0.29, 0.717) is 16.5 Å². The summed E-state index contributed by atoms with van der Waals surface area (Å²) in [6.07, 6.45) is 0. The van der Waals surface area contributed by atoms with E-state index in [1.807, 2.05) is 13.0 Å². The lowest BCUT2D eigenvalue weighted by molar-refractivity contribution is -0.118. The van der Waals surface area contributed by atoms with Gasteiger partial charge < -0.3 is 14.6 Å². The average Bonchev–Trinajstić information content (AvgIpc) is 2.76. The molecular weight excluding hydrogens is 268 g/mol. The van der Waals surface area contributed by atoms with Gasteiger partial charge in [0.05, 0.1) is 10.7 Å². The van der Waals surface area contributed by atoms with E-state index >= 15 is 0 Å². The Morgan fingerprint density at radius 1 is 1.42 bits per heavy atom. The molecule has 1 aromatic carbocycles. The summed E-state index contributed by atoms with van der Waals surface area (Å²) in [5, 5.41) is 6.77. The van der Waals surface area contributed by atoms with Gasteiger partial charge in [-0.2, -0.15) is 0 Å². The monoisotopic (exact) mass is 280 g/mol. The lowest BCUT2D eigenvalue weighted by Crippen LogP contribution is -2.20. The lowest BCUT2D eigenvalue weighted by Gasteiger charge is -2.07. The largest absolute Gasteiger partial charge is 0.465 e. The molecule has 1 amide bonds. The smallest absolute Gasteiger partial charge is 0.262 e. The van der Waals surface area contributed by atoms with Crippen LogP contribution in [0.5, 0.6) is 5.88 Å². The Balaban J connectivity index is 1.90. The quantitative estimate of drug-likeness (QED) is 0.935. The molecule has 0 saturated carbocycles. The minimum absolute atomic E-state index is 0.157. The van der Waals surface area contributed by atoms with Gasteiger partial charge in [-0.25, -0.2) is 0 Å². The van der Waals surface area contributed by atoms with Crippen molar-refractivity contribution >= 4 is 23.2 Å². The van der Waals surface area contributed by atoms with Crippen molar-refractivity contribution in [3.63, 3.8) is 0 Å². The fraction of sp³-hybridized carbons (Fsp3) is 0.231. The van der Waals surface area contributed by atoms with Gasteiger partial charge >= 0.3 is 0 Å². The fourth-order valence-corrected chi connectivity index (χ4v) is 1.74. The molecule has 1 heterocycles. The summed E-state index contributed by atoms with van der Waals surface area (Å²) in [5.74, 6) is 0.589. The van der Waals surface area contributed by atoms with Crippen molar-refractivity contribution < 1.29 is 14.1 Å². The van der Waals surface area contributed by atoms with Crippen molar-refractivity contribution in [3.05, 3.63) is 40.6 Å². The van der Waals surface area contributed by atoms with Crippen LogP contribution in [0.15, 0.2) is 28.8 Å². The molecule has 5 nitrogen and oxygen atoms in total. The Kier molecular flexibility index (Phi) is 4.06. The van der Waals surface area contributed by atoms with E-state index in [0.717, 1.165) is 5.56 Å². The second kappa shape index (κ2) is 5.75. The molecule has 0 aliphatic heterocycles. The summed E-state index contributed by atoms with van der Waals surface area (Å²) >= 11 is 6.01. The van der Waals surface area contributed by atoms with Gasteiger partial charge in [0.1, 0.15) is 5.76 Å². The van der Waals surface area contributed by atoms with Gasteiger partial charge in [0.15, 0.2) is 6.61 Å². The third kappa shape index (κ3) is 3.72. The first-order chi connectivity index (χ1) is 9.04. The highest BCUT2D eigenvalue weighted by atomic mass is 35.5. The van der Waals surface area contributed by atoms with Gasteiger partial charge in [-0.15, -0.1) is 0 Å². The standard InChI is InChI=1S/C13H13ClN2O3/c1-8-3-4-11(10(14)5-8)15-12(17)7-18-13-6-9(2)19-16-13/h3-6H,7H2,1-2H3,(H,15,17). The van der Waals surface area contributed by atoms with Gasteiger partial charge in [-0.1, -0.05) is 17.7 Å². The van der Waals surface area contributed by atoms with Crippen LogP contribution in [-0.2, 0) is 4.79 Å². The molecule has 6 heteroatoms. The zero-order valence-electron chi connectivity index (χ0n) is 10.6. The molecule has 0 spiro atoms. The second-order valence-electron chi connectivity index (χ2n) is 4.10. The molecule has 2 aromatic rings. The number of amides is 1. The SMILES string of the molecule is Cc1ccc(NC(=O)COc2cc(C)on2)c(Cl)c1. The number of nitrogens with zero attached hydrogens (tertiary/aromatic N) is 1. The van der Waals surface area contributed by atoms with Gasteiger partial charge in [-0.3, -0.25) is 4.79 Å². The molecule has 0 fully saturated rings. The minimum Gasteiger partial charge on any atom is -0.465 e. The highest BCUT2D eigenvalue weighted by Crippen LogP contribution is 2.22. The summed E-state index contributed by atoms with van der Waals surface area (Å²) in [5.41, 5.74) is 1.58. The van der Waals surface area contributed by atoms with Crippen LogP contribution in [0.4, 0.5) is 5.69 Å². The number of hydrogen-bond acceptors (Lipinski definition) is 4.